The Labute approximate surface area is 118 Å². The van der Waals surface area contributed by atoms with Crippen molar-refractivity contribution in [3.8, 4) is 0 Å². The predicted molar refractivity (Wildman–Crippen MR) is 81.7 cm³/mol. The van der Waals surface area contributed by atoms with Gasteiger partial charge in [-0.1, -0.05) is 48.0 Å². The molecule has 0 aliphatic carbocycles. The highest BCUT2D eigenvalue weighted by Gasteiger charge is 2.16. The van der Waals surface area contributed by atoms with Gasteiger partial charge in [-0.25, -0.2) is 0 Å². The van der Waals surface area contributed by atoms with E-state index in [1.54, 1.807) is 6.20 Å². The number of aromatic nitrogens is 1. The predicted octanol–water partition coefficient (Wildman–Crippen LogP) is 3.93. The molecule has 20 heavy (non-hydrogen) atoms. The second-order valence-corrected chi connectivity index (χ2v) is 5.18. The molecule has 0 saturated carbocycles. The first-order chi connectivity index (χ1) is 9.66. The van der Waals surface area contributed by atoms with Crippen LogP contribution in [-0.4, -0.2) is 10.1 Å². The number of fused-ring (bicyclic) bond motifs is 1. The minimum absolute atomic E-state index is 0.693. The number of benzene rings is 2. The van der Waals surface area contributed by atoms with Gasteiger partial charge in [0.2, 0.25) is 0 Å². The van der Waals surface area contributed by atoms with Gasteiger partial charge in [0.25, 0.3) is 0 Å². The van der Waals surface area contributed by atoms with Gasteiger partial charge in [-0.3, -0.25) is 4.98 Å². The molecule has 0 saturated heterocycles. The smallest absolute Gasteiger partial charge is 0.122 e. The van der Waals surface area contributed by atoms with Crippen LogP contribution in [0.5, 0.6) is 0 Å². The zero-order valence-corrected chi connectivity index (χ0v) is 11.7. The van der Waals surface area contributed by atoms with E-state index < -0.39 is 6.10 Å². The Morgan fingerprint density at radius 1 is 1.00 bits per heavy atom. The minimum Gasteiger partial charge on any atom is -0.382 e. The van der Waals surface area contributed by atoms with E-state index in [0.717, 1.165) is 27.6 Å². The van der Waals surface area contributed by atoms with Gasteiger partial charge in [-0.15, -0.1) is 0 Å². The van der Waals surface area contributed by atoms with Gasteiger partial charge in [0, 0.05) is 11.6 Å². The lowest BCUT2D eigenvalue weighted by Crippen LogP contribution is -2.05. The third-order valence-corrected chi connectivity index (χ3v) is 3.68. The molecule has 0 spiro atoms. The zero-order valence-electron chi connectivity index (χ0n) is 11.7. The molecular weight excluding hydrogens is 246 g/mol. The van der Waals surface area contributed by atoms with Crippen molar-refractivity contribution in [2.45, 2.75) is 20.0 Å². The van der Waals surface area contributed by atoms with Gasteiger partial charge in [-0.2, -0.15) is 0 Å². The molecule has 0 radical (unpaired) electrons. The molecule has 1 N–H and O–H groups in total. The van der Waals surface area contributed by atoms with Crippen LogP contribution in [0, 0.1) is 13.8 Å². The normalized spacial score (nSPS) is 12.6. The Morgan fingerprint density at radius 2 is 1.80 bits per heavy atom. The van der Waals surface area contributed by atoms with Crippen LogP contribution in [0.4, 0.5) is 0 Å². The highest BCUT2D eigenvalue weighted by molar-refractivity contribution is 5.84. The lowest BCUT2D eigenvalue weighted by molar-refractivity contribution is 0.216. The average molecular weight is 263 g/mol. The van der Waals surface area contributed by atoms with Crippen molar-refractivity contribution in [2.24, 2.45) is 0 Å². The summed E-state index contributed by atoms with van der Waals surface area (Å²) in [5, 5.41) is 12.8. The quantitative estimate of drug-likeness (QED) is 0.760. The largest absolute Gasteiger partial charge is 0.382 e. The molecule has 1 unspecified atom stereocenters. The van der Waals surface area contributed by atoms with Crippen molar-refractivity contribution in [1.29, 1.82) is 0 Å². The monoisotopic (exact) mass is 263 g/mol. The number of rotatable bonds is 2. The van der Waals surface area contributed by atoms with E-state index in [2.05, 4.69) is 18.0 Å². The fourth-order valence-corrected chi connectivity index (χ4v) is 2.64. The van der Waals surface area contributed by atoms with Crippen LogP contribution in [-0.2, 0) is 0 Å². The maximum Gasteiger partial charge on any atom is 0.122 e. The lowest BCUT2D eigenvalue weighted by atomic mass is 9.96. The Hall–Kier alpha value is -2.19. The molecule has 3 aromatic rings. The van der Waals surface area contributed by atoms with Crippen LogP contribution in [0.2, 0.25) is 0 Å². The van der Waals surface area contributed by atoms with Crippen molar-refractivity contribution < 1.29 is 5.11 Å². The molecule has 0 aliphatic rings. The van der Waals surface area contributed by atoms with Gasteiger partial charge < -0.3 is 5.11 Å². The van der Waals surface area contributed by atoms with Crippen molar-refractivity contribution in [3.63, 3.8) is 0 Å². The molecule has 3 rings (SSSR count). The highest BCUT2D eigenvalue weighted by Crippen LogP contribution is 2.29. The summed E-state index contributed by atoms with van der Waals surface area (Å²) in [6.07, 6.45) is 1.06. The summed E-state index contributed by atoms with van der Waals surface area (Å²) in [6, 6.07) is 16.1. The first kappa shape index (κ1) is 12.8. The maximum atomic E-state index is 10.7. The van der Waals surface area contributed by atoms with E-state index in [1.165, 1.54) is 5.56 Å². The fourth-order valence-electron chi connectivity index (χ4n) is 2.64. The van der Waals surface area contributed by atoms with Crippen LogP contribution in [0.25, 0.3) is 10.8 Å². The summed E-state index contributed by atoms with van der Waals surface area (Å²) in [7, 11) is 0. The molecule has 1 atom stereocenters. The van der Waals surface area contributed by atoms with E-state index in [9.17, 15) is 5.11 Å². The maximum absolute atomic E-state index is 10.7. The number of aliphatic hydroxyl groups excluding tert-OH is 1. The summed E-state index contributed by atoms with van der Waals surface area (Å²) in [4.78, 5) is 4.40. The second kappa shape index (κ2) is 5.06. The molecule has 100 valence electrons. The minimum atomic E-state index is -0.693. The number of aliphatic hydroxyl groups is 1. The summed E-state index contributed by atoms with van der Waals surface area (Å²) < 4.78 is 0. The molecular formula is C18H17NO. The van der Waals surface area contributed by atoms with Crippen LogP contribution in [0.3, 0.4) is 0 Å². The number of aryl methyl sites for hydroxylation is 2. The van der Waals surface area contributed by atoms with E-state index >= 15 is 0 Å². The zero-order chi connectivity index (χ0) is 14.1. The molecule has 2 nitrogen and oxygen atoms in total. The third-order valence-electron chi connectivity index (χ3n) is 3.68. The summed E-state index contributed by atoms with van der Waals surface area (Å²) >= 11 is 0. The van der Waals surface area contributed by atoms with Gasteiger partial charge >= 0.3 is 0 Å². The van der Waals surface area contributed by atoms with E-state index in [1.807, 2.05) is 49.4 Å². The van der Waals surface area contributed by atoms with E-state index in [4.69, 9.17) is 0 Å². The van der Waals surface area contributed by atoms with Crippen molar-refractivity contribution in [1.82, 2.24) is 4.98 Å². The average Bonchev–Trinajstić information content (AvgIpc) is 2.46. The Kier molecular flexibility index (Phi) is 3.25. The van der Waals surface area contributed by atoms with E-state index in [-0.39, 0.29) is 0 Å². The van der Waals surface area contributed by atoms with Crippen LogP contribution in [0.1, 0.15) is 28.5 Å². The molecule has 0 amide bonds. The third kappa shape index (κ3) is 2.19. The van der Waals surface area contributed by atoms with Gasteiger partial charge in [-0.05, 0) is 36.4 Å². The van der Waals surface area contributed by atoms with Crippen molar-refractivity contribution in [2.75, 3.05) is 0 Å². The SMILES string of the molecule is Cc1ccc(C(O)c2nccc3ccccc23)c(C)c1. The first-order valence-electron chi connectivity index (χ1n) is 6.75. The Balaban J connectivity index is 2.15. The molecule has 0 aliphatic heterocycles. The van der Waals surface area contributed by atoms with Crippen LogP contribution < -0.4 is 0 Å². The number of nitrogens with zero attached hydrogens (tertiary/aromatic N) is 1. The van der Waals surface area contributed by atoms with E-state index in [0.29, 0.717) is 0 Å². The van der Waals surface area contributed by atoms with Crippen LogP contribution >= 0.6 is 0 Å². The molecule has 0 fully saturated rings. The molecule has 2 aromatic carbocycles. The molecule has 1 aromatic heterocycles. The first-order valence-corrected chi connectivity index (χ1v) is 6.75. The highest BCUT2D eigenvalue weighted by atomic mass is 16.3. The van der Waals surface area contributed by atoms with Crippen molar-refractivity contribution in [3.05, 3.63) is 77.1 Å². The number of hydrogen-bond acceptors (Lipinski definition) is 2. The summed E-state index contributed by atoms with van der Waals surface area (Å²) in [5.41, 5.74) is 3.92. The van der Waals surface area contributed by atoms with Gasteiger partial charge in [0.05, 0.1) is 5.69 Å². The summed E-state index contributed by atoms with van der Waals surface area (Å²) in [6.45, 7) is 4.08. The fraction of sp³-hybridized carbons (Fsp3) is 0.167. The number of pyridine rings is 1. The van der Waals surface area contributed by atoms with Gasteiger partial charge in [0.1, 0.15) is 6.10 Å². The standard InChI is InChI=1S/C18H17NO/c1-12-7-8-15(13(2)11-12)18(20)17-16-6-4-3-5-14(16)9-10-19-17/h3-11,18,20H,1-2H3. The Bertz CT molecular complexity index is 759. The molecule has 0 bridgehead atoms. The van der Waals surface area contributed by atoms with Crippen LogP contribution in [0.15, 0.2) is 54.7 Å². The van der Waals surface area contributed by atoms with Gasteiger partial charge in [0.15, 0.2) is 0 Å². The number of hydrogen-bond donors (Lipinski definition) is 1. The lowest BCUT2D eigenvalue weighted by Gasteiger charge is -2.15. The molecule has 1 heterocycles. The van der Waals surface area contributed by atoms with Crippen molar-refractivity contribution >= 4 is 10.8 Å². The molecule has 2 heteroatoms. The topological polar surface area (TPSA) is 33.1 Å². The Morgan fingerprint density at radius 3 is 2.60 bits per heavy atom. The second-order valence-electron chi connectivity index (χ2n) is 5.18. The summed E-state index contributed by atoms with van der Waals surface area (Å²) in [5.74, 6) is 0.